The van der Waals surface area contributed by atoms with Gasteiger partial charge in [-0.3, -0.25) is 4.79 Å². The Morgan fingerprint density at radius 1 is 1.63 bits per heavy atom. The lowest BCUT2D eigenvalue weighted by Gasteiger charge is -2.21. The van der Waals surface area contributed by atoms with E-state index in [1.54, 1.807) is 6.07 Å². The van der Waals surface area contributed by atoms with E-state index in [0.29, 0.717) is 24.5 Å². The first-order chi connectivity index (χ1) is 9.10. The van der Waals surface area contributed by atoms with E-state index in [9.17, 15) is 9.90 Å². The van der Waals surface area contributed by atoms with Crippen LogP contribution in [0.5, 0.6) is 5.88 Å². The normalized spacial score (nSPS) is 13.9. The first-order valence-corrected chi connectivity index (χ1v) is 6.50. The monoisotopic (exact) mass is 270 g/mol. The lowest BCUT2D eigenvalue weighted by Crippen LogP contribution is -2.41. The number of carbonyl (C=O) groups excluding carboxylic acids is 1. The van der Waals surface area contributed by atoms with E-state index >= 15 is 0 Å². The van der Waals surface area contributed by atoms with Crippen LogP contribution in [0.3, 0.4) is 0 Å². The molecule has 0 aliphatic carbocycles. The summed E-state index contributed by atoms with van der Waals surface area (Å²) in [7, 11) is 1.51. The summed E-state index contributed by atoms with van der Waals surface area (Å²) in [6.07, 6.45) is 1.66. The third kappa shape index (κ3) is 4.90. The molecule has 0 fully saturated rings. The van der Waals surface area contributed by atoms with Gasteiger partial charge in [0.1, 0.15) is 5.76 Å². The number of amides is 1. The Labute approximate surface area is 113 Å². The molecule has 1 rings (SSSR count). The van der Waals surface area contributed by atoms with Crippen molar-refractivity contribution >= 4 is 5.91 Å². The Kier molecular flexibility index (Phi) is 6.35. The molecule has 2 N–H and O–H groups in total. The molecule has 108 valence electrons. The van der Waals surface area contributed by atoms with Gasteiger partial charge in [0.25, 0.3) is 5.88 Å². The highest BCUT2D eigenvalue weighted by Crippen LogP contribution is 2.12. The van der Waals surface area contributed by atoms with Gasteiger partial charge in [0.05, 0.1) is 19.8 Å². The number of nitrogens with one attached hydrogen (secondary N) is 1. The molecular weight excluding hydrogens is 248 g/mol. The number of hydrogen-bond acceptors (Lipinski definition) is 5. The number of ether oxygens (including phenoxy) is 1. The lowest BCUT2D eigenvalue weighted by molar-refractivity contribution is -0.122. The molecule has 2 unspecified atom stereocenters. The zero-order valence-electron chi connectivity index (χ0n) is 11.7. The van der Waals surface area contributed by atoms with Gasteiger partial charge in [0.15, 0.2) is 0 Å². The maximum atomic E-state index is 11.8. The van der Waals surface area contributed by atoms with Crippen LogP contribution in [0.1, 0.15) is 32.4 Å². The summed E-state index contributed by atoms with van der Waals surface area (Å²) >= 11 is 0. The molecule has 6 nitrogen and oxygen atoms in total. The number of aryl methyl sites for hydroxylation is 1. The van der Waals surface area contributed by atoms with E-state index in [4.69, 9.17) is 9.26 Å². The summed E-state index contributed by atoms with van der Waals surface area (Å²) in [5.74, 6) is 1.16. The van der Waals surface area contributed by atoms with Crippen LogP contribution in [-0.2, 0) is 11.2 Å². The highest BCUT2D eigenvalue weighted by atomic mass is 16.5. The highest BCUT2D eigenvalue weighted by molar-refractivity contribution is 5.76. The zero-order valence-corrected chi connectivity index (χ0v) is 11.7. The fourth-order valence-corrected chi connectivity index (χ4v) is 1.68. The molecule has 1 amide bonds. The molecular formula is C13H22N2O4. The van der Waals surface area contributed by atoms with Gasteiger partial charge in [0.2, 0.25) is 5.91 Å². The van der Waals surface area contributed by atoms with E-state index in [1.165, 1.54) is 7.11 Å². The molecule has 6 heteroatoms. The number of carbonyl (C=O) groups is 1. The van der Waals surface area contributed by atoms with Gasteiger partial charge in [-0.05, 0) is 11.1 Å². The van der Waals surface area contributed by atoms with Crippen LogP contribution < -0.4 is 10.1 Å². The predicted octanol–water partition coefficient (Wildman–Crippen LogP) is 1.14. The Balaban J connectivity index is 2.38. The number of nitrogens with zero attached hydrogens (tertiary/aromatic N) is 1. The molecule has 19 heavy (non-hydrogen) atoms. The van der Waals surface area contributed by atoms with Crippen molar-refractivity contribution in [2.75, 3.05) is 13.7 Å². The molecule has 1 heterocycles. The first-order valence-electron chi connectivity index (χ1n) is 6.50. The number of hydrogen-bond donors (Lipinski definition) is 2. The summed E-state index contributed by atoms with van der Waals surface area (Å²) < 4.78 is 9.89. The zero-order chi connectivity index (χ0) is 14.3. The van der Waals surface area contributed by atoms with Gasteiger partial charge in [-0.1, -0.05) is 20.3 Å². The number of aromatic nitrogens is 1. The van der Waals surface area contributed by atoms with Crippen molar-refractivity contribution in [2.45, 2.75) is 39.2 Å². The van der Waals surface area contributed by atoms with Crippen LogP contribution in [0.2, 0.25) is 0 Å². The van der Waals surface area contributed by atoms with Crippen molar-refractivity contribution in [3.63, 3.8) is 0 Å². The van der Waals surface area contributed by atoms with E-state index in [1.807, 2.05) is 13.8 Å². The van der Waals surface area contributed by atoms with Crippen LogP contribution >= 0.6 is 0 Å². The topological polar surface area (TPSA) is 84.6 Å². The molecule has 0 aliphatic heterocycles. The first kappa shape index (κ1) is 15.5. The number of aliphatic hydroxyl groups excluding tert-OH is 1. The molecule has 0 saturated heterocycles. The average Bonchev–Trinajstić information content (AvgIpc) is 2.89. The Bertz CT molecular complexity index is 392. The van der Waals surface area contributed by atoms with E-state index < -0.39 is 0 Å². The van der Waals surface area contributed by atoms with Gasteiger partial charge in [-0.2, -0.15) is 0 Å². The second kappa shape index (κ2) is 7.78. The SMILES string of the molecule is CCC(C)C(CO)NC(=O)CCc1cc(OC)no1. The quantitative estimate of drug-likeness (QED) is 0.740. The van der Waals surface area contributed by atoms with E-state index in [0.717, 1.165) is 6.42 Å². The van der Waals surface area contributed by atoms with Crippen LogP contribution in [0.25, 0.3) is 0 Å². The molecule has 0 radical (unpaired) electrons. The number of aliphatic hydroxyl groups is 1. The Morgan fingerprint density at radius 2 is 2.37 bits per heavy atom. The maximum absolute atomic E-state index is 11.8. The van der Waals surface area contributed by atoms with Crippen LogP contribution in [0, 0.1) is 5.92 Å². The molecule has 0 spiro atoms. The molecule has 0 bridgehead atoms. The van der Waals surface area contributed by atoms with Crippen molar-refractivity contribution < 1.29 is 19.2 Å². The fourth-order valence-electron chi connectivity index (χ4n) is 1.68. The van der Waals surface area contributed by atoms with Crippen LogP contribution in [0.4, 0.5) is 0 Å². The smallest absolute Gasteiger partial charge is 0.254 e. The van der Waals surface area contributed by atoms with E-state index in [2.05, 4.69) is 10.5 Å². The lowest BCUT2D eigenvalue weighted by atomic mass is 10.00. The van der Waals surface area contributed by atoms with Crippen molar-refractivity contribution in [3.05, 3.63) is 11.8 Å². The number of rotatable bonds is 8. The summed E-state index contributed by atoms with van der Waals surface area (Å²) in [4.78, 5) is 11.8. The van der Waals surface area contributed by atoms with Gasteiger partial charge in [-0.15, -0.1) is 0 Å². The van der Waals surface area contributed by atoms with Gasteiger partial charge in [-0.25, -0.2) is 0 Å². The van der Waals surface area contributed by atoms with Gasteiger partial charge >= 0.3 is 0 Å². The Morgan fingerprint density at radius 3 is 2.89 bits per heavy atom. The summed E-state index contributed by atoms with van der Waals surface area (Å²) in [5, 5.41) is 15.7. The van der Waals surface area contributed by atoms with Gasteiger partial charge in [0, 0.05) is 18.9 Å². The minimum atomic E-state index is -0.193. The molecule has 0 aromatic carbocycles. The van der Waals surface area contributed by atoms with Crippen LogP contribution in [-0.4, -0.2) is 35.9 Å². The Hall–Kier alpha value is -1.56. The minimum Gasteiger partial charge on any atom is -0.479 e. The van der Waals surface area contributed by atoms with Crippen molar-refractivity contribution in [1.29, 1.82) is 0 Å². The maximum Gasteiger partial charge on any atom is 0.254 e. The third-order valence-corrected chi connectivity index (χ3v) is 3.22. The summed E-state index contributed by atoms with van der Waals surface area (Å²) in [6, 6.07) is 1.47. The fraction of sp³-hybridized carbons (Fsp3) is 0.692. The standard InChI is InChI=1S/C13H22N2O4/c1-4-9(2)11(8-16)14-12(17)6-5-10-7-13(18-3)15-19-10/h7,9,11,16H,4-6,8H2,1-3H3,(H,14,17). The summed E-state index contributed by atoms with van der Waals surface area (Å²) in [5.41, 5.74) is 0. The largest absolute Gasteiger partial charge is 0.479 e. The van der Waals surface area contributed by atoms with Gasteiger partial charge < -0.3 is 19.7 Å². The van der Waals surface area contributed by atoms with E-state index in [-0.39, 0.29) is 24.5 Å². The number of methoxy groups -OCH3 is 1. The third-order valence-electron chi connectivity index (χ3n) is 3.22. The molecule has 0 aliphatic rings. The second-order valence-corrected chi connectivity index (χ2v) is 4.58. The summed E-state index contributed by atoms with van der Waals surface area (Å²) in [6.45, 7) is 3.99. The van der Waals surface area contributed by atoms with Crippen molar-refractivity contribution in [1.82, 2.24) is 10.5 Å². The van der Waals surface area contributed by atoms with Crippen molar-refractivity contribution in [3.8, 4) is 5.88 Å². The minimum absolute atomic E-state index is 0.0448. The predicted molar refractivity (Wildman–Crippen MR) is 69.8 cm³/mol. The van der Waals surface area contributed by atoms with Crippen LogP contribution in [0.15, 0.2) is 10.6 Å². The molecule has 0 saturated carbocycles. The second-order valence-electron chi connectivity index (χ2n) is 4.58. The average molecular weight is 270 g/mol. The van der Waals surface area contributed by atoms with Crippen molar-refractivity contribution in [2.24, 2.45) is 5.92 Å². The highest BCUT2D eigenvalue weighted by Gasteiger charge is 2.17. The molecule has 1 aromatic rings. The molecule has 1 aromatic heterocycles. The molecule has 2 atom stereocenters.